The molecule has 1 saturated carbocycles. The third kappa shape index (κ3) is 6.70. The molecule has 8 heteroatoms. The zero-order valence-electron chi connectivity index (χ0n) is 16.9. The first-order valence-corrected chi connectivity index (χ1v) is 10.7. The Morgan fingerprint density at radius 1 is 1.31 bits per heavy atom. The Balaban J connectivity index is 0.00000300. The van der Waals surface area contributed by atoms with Crippen molar-refractivity contribution in [2.75, 3.05) is 26.2 Å². The number of halogens is 3. The van der Waals surface area contributed by atoms with Crippen molar-refractivity contribution in [2.24, 2.45) is 10.9 Å². The van der Waals surface area contributed by atoms with Crippen LogP contribution in [-0.4, -0.2) is 49.0 Å². The predicted molar refractivity (Wildman–Crippen MR) is 127 cm³/mol. The highest BCUT2D eigenvalue weighted by Gasteiger charge is 2.32. The monoisotopic (exact) mass is 536 g/mol. The van der Waals surface area contributed by atoms with Gasteiger partial charge in [-0.2, -0.15) is 0 Å². The molecule has 0 bridgehead atoms. The Morgan fingerprint density at radius 3 is 2.76 bits per heavy atom. The summed E-state index contributed by atoms with van der Waals surface area (Å²) in [4.78, 5) is 19.2. The number of hydrogen-bond acceptors (Lipinski definition) is 2. The number of likely N-dealkylation sites (tertiary alicyclic amines) is 1. The van der Waals surface area contributed by atoms with Gasteiger partial charge < -0.3 is 15.5 Å². The van der Waals surface area contributed by atoms with Gasteiger partial charge in [0.1, 0.15) is 5.82 Å². The van der Waals surface area contributed by atoms with Crippen LogP contribution in [-0.2, 0) is 11.2 Å². The van der Waals surface area contributed by atoms with Gasteiger partial charge in [-0.3, -0.25) is 9.79 Å². The van der Waals surface area contributed by atoms with Crippen LogP contribution in [0.5, 0.6) is 0 Å². The second-order valence-electron chi connectivity index (χ2n) is 7.61. The standard InChI is InChI=1S/C21H30ClFN4O.HI/c1-2-24-21(25-12-10-17-18(22)8-5-9-19(17)23)26-16-11-13-27(14-16)20(28)15-6-3-4-7-15;/h5,8-9,15-16H,2-4,6-7,10-14H2,1H3,(H2,24,25,26);1H. The minimum Gasteiger partial charge on any atom is -0.357 e. The van der Waals surface area contributed by atoms with Gasteiger partial charge >= 0.3 is 0 Å². The summed E-state index contributed by atoms with van der Waals surface area (Å²) in [6.07, 6.45) is 5.79. The number of rotatable bonds is 6. The van der Waals surface area contributed by atoms with Crippen LogP contribution in [0.1, 0.15) is 44.6 Å². The average molecular weight is 537 g/mol. The van der Waals surface area contributed by atoms with E-state index in [1.165, 1.54) is 18.9 Å². The lowest BCUT2D eigenvalue weighted by molar-refractivity contribution is -0.134. The van der Waals surface area contributed by atoms with Gasteiger partial charge in [0.15, 0.2) is 5.96 Å². The van der Waals surface area contributed by atoms with Crippen molar-refractivity contribution >= 4 is 47.4 Å². The molecular formula is C21H31ClFIN4O. The molecule has 1 atom stereocenters. The lowest BCUT2D eigenvalue weighted by atomic mass is 10.1. The summed E-state index contributed by atoms with van der Waals surface area (Å²) in [5, 5.41) is 7.09. The molecule has 1 saturated heterocycles. The summed E-state index contributed by atoms with van der Waals surface area (Å²) >= 11 is 6.09. The van der Waals surface area contributed by atoms with Gasteiger partial charge in [-0.15, -0.1) is 24.0 Å². The third-order valence-electron chi connectivity index (χ3n) is 5.58. The molecule has 1 aromatic rings. The van der Waals surface area contributed by atoms with Crippen molar-refractivity contribution in [3.05, 3.63) is 34.6 Å². The van der Waals surface area contributed by atoms with E-state index in [-0.39, 0.29) is 41.8 Å². The number of nitrogens with one attached hydrogen (secondary N) is 2. The molecule has 0 radical (unpaired) electrons. The highest BCUT2D eigenvalue weighted by Crippen LogP contribution is 2.27. The maximum absolute atomic E-state index is 13.9. The van der Waals surface area contributed by atoms with Crippen LogP contribution in [0, 0.1) is 11.7 Å². The Labute approximate surface area is 194 Å². The highest BCUT2D eigenvalue weighted by molar-refractivity contribution is 14.0. The summed E-state index contributed by atoms with van der Waals surface area (Å²) in [6.45, 7) is 4.71. The van der Waals surface area contributed by atoms with Crippen molar-refractivity contribution in [2.45, 2.75) is 51.5 Å². The topological polar surface area (TPSA) is 56.7 Å². The number of carbonyl (C=O) groups excluding carboxylic acids is 1. The van der Waals surface area contributed by atoms with E-state index in [0.29, 0.717) is 35.4 Å². The van der Waals surface area contributed by atoms with E-state index in [1.54, 1.807) is 12.1 Å². The molecule has 29 heavy (non-hydrogen) atoms. The Kier molecular flexibility index (Phi) is 9.95. The first-order chi connectivity index (χ1) is 13.6. The van der Waals surface area contributed by atoms with E-state index in [2.05, 4.69) is 15.6 Å². The summed E-state index contributed by atoms with van der Waals surface area (Å²) in [5.41, 5.74) is 0.498. The second kappa shape index (κ2) is 11.9. The number of hydrogen-bond donors (Lipinski definition) is 2. The molecular weight excluding hydrogens is 506 g/mol. The third-order valence-corrected chi connectivity index (χ3v) is 5.94. The Bertz CT molecular complexity index is 692. The van der Waals surface area contributed by atoms with Crippen LogP contribution < -0.4 is 10.6 Å². The molecule has 0 spiro atoms. The summed E-state index contributed by atoms with van der Waals surface area (Å²) < 4.78 is 13.9. The van der Waals surface area contributed by atoms with E-state index in [9.17, 15) is 9.18 Å². The van der Waals surface area contributed by atoms with Gasteiger partial charge in [0.05, 0.1) is 0 Å². The van der Waals surface area contributed by atoms with Gasteiger partial charge in [-0.25, -0.2) is 4.39 Å². The number of carbonyl (C=O) groups is 1. The molecule has 2 N–H and O–H groups in total. The van der Waals surface area contributed by atoms with Crippen LogP contribution in [0.4, 0.5) is 4.39 Å². The van der Waals surface area contributed by atoms with Crippen molar-refractivity contribution in [3.8, 4) is 0 Å². The smallest absolute Gasteiger partial charge is 0.225 e. The summed E-state index contributed by atoms with van der Waals surface area (Å²) in [6, 6.07) is 4.92. The van der Waals surface area contributed by atoms with E-state index in [1.807, 2.05) is 11.8 Å². The molecule has 1 unspecified atom stereocenters. The van der Waals surface area contributed by atoms with E-state index >= 15 is 0 Å². The molecule has 1 aromatic carbocycles. The Morgan fingerprint density at radius 2 is 2.07 bits per heavy atom. The molecule has 0 aromatic heterocycles. The summed E-state index contributed by atoms with van der Waals surface area (Å²) in [7, 11) is 0. The fourth-order valence-electron chi connectivity index (χ4n) is 4.07. The van der Waals surface area contributed by atoms with Gasteiger partial charge in [0.2, 0.25) is 5.91 Å². The SMILES string of the molecule is CCNC(=NCCc1c(F)cccc1Cl)NC1CCN(C(=O)C2CCCC2)C1.I. The first-order valence-electron chi connectivity index (χ1n) is 10.3. The molecule has 1 aliphatic carbocycles. The van der Waals surface area contributed by atoms with Crippen LogP contribution in [0.3, 0.4) is 0 Å². The molecule has 3 rings (SSSR count). The number of amides is 1. The van der Waals surface area contributed by atoms with E-state index < -0.39 is 0 Å². The lowest BCUT2D eigenvalue weighted by Crippen LogP contribution is -2.45. The van der Waals surface area contributed by atoms with Crippen LogP contribution >= 0.6 is 35.6 Å². The van der Waals surface area contributed by atoms with Crippen molar-refractivity contribution in [3.63, 3.8) is 0 Å². The molecule has 1 heterocycles. The molecule has 1 amide bonds. The van der Waals surface area contributed by atoms with E-state index in [0.717, 1.165) is 38.9 Å². The van der Waals surface area contributed by atoms with Gasteiger partial charge in [0, 0.05) is 48.7 Å². The number of aliphatic imine (C=N–C) groups is 1. The van der Waals surface area contributed by atoms with Crippen molar-refractivity contribution in [1.82, 2.24) is 15.5 Å². The molecule has 162 valence electrons. The average Bonchev–Trinajstić information content (AvgIpc) is 3.36. The van der Waals surface area contributed by atoms with E-state index in [4.69, 9.17) is 11.6 Å². The minimum absolute atomic E-state index is 0. The van der Waals surface area contributed by atoms with Gasteiger partial charge in [0.25, 0.3) is 0 Å². The molecule has 5 nitrogen and oxygen atoms in total. The predicted octanol–water partition coefficient (Wildman–Crippen LogP) is 3.99. The van der Waals surface area contributed by atoms with Gasteiger partial charge in [-0.05, 0) is 44.7 Å². The molecule has 2 aliphatic rings. The van der Waals surface area contributed by atoms with Crippen LogP contribution in [0.25, 0.3) is 0 Å². The number of nitrogens with zero attached hydrogens (tertiary/aromatic N) is 2. The highest BCUT2D eigenvalue weighted by atomic mass is 127. The van der Waals surface area contributed by atoms with Crippen LogP contribution in [0.15, 0.2) is 23.2 Å². The maximum Gasteiger partial charge on any atom is 0.225 e. The minimum atomic E-state index is -0.294. The first kappa shape index (κ1) is 24.2. The molecule has 1 aliphatic heterocycles. The van der Waals surface area contributed by atoms with Crippen molar-refractivity contribution in [1.29, 1.82) is 0 Å². The van der Waals surface area contributed by atoms with Crippen LogP contribution in [0.2, 0.25) is 5.02 Å². The Hall–Kier alpha value is -1.09. The fourth-order valence-corrected chi connectivity index (χ4v) is 4.33. The largest absolute Gasteiger partial charge is 0.357 e. The maximum atomic E-state index is 13.9. The number of guanidine groups is 1. The summed E-state index contributed by atoms with van der Waals surface area (Å²) in [5.74, 6) is 0.955. The van der Waals surface area contributed by atoms with Gasteiger partial charge in [-0.1, -0.05) is 30.5 Å². The normalized spacial score (nSPS) is 19.9. The van der Waals surface area contributed by atoms with Crippen molar-refractivity contribution < 1.29 is 9.18 Å². The fraction of sp³-hybridized carbons (Fsp3) is 0.619. The molecule has 2 fully saturated rings. The number of benzene rings is 1. The quantitative estimate of drug-likeness (QED) is 0.328. The lowest BCUT2D eigenvalue weighted by Gasteiger charge is -2.21. The zero-order valence-corrected chi connectivity index (χ0v) is 20.0. The zero-order chi connectivity index (χ0) is 19.9. The second-order valence-corrected chi connectivity index (χ2v) is 8.01.